The summed E-state index contributed by atoms with van der Waals surface area (Å²) in [6.07, 6.45) is 1.45. The van der Waals surface area contributed by atoms with Crippen LogP contribution in [0.15, 0.2) is 77.2 Å². The normalized spacial score (nSPS) is 11.2. The molecule has 1 N–H and O–H groups in total. The third-order valence-corrected chi connectivity index (χ3v) is 6.61. The zero-order valence-electron chi connectivity index (χ0n) is 17.8. The van der Waals surface area contributed by atoms with Crippen molar-refractivity contribution in [2.45, 2.75) is 20.4 Å². The van der Waals surface area contributed by atoms with E-state index < -0.39 is 0 Å². The van der Waals surface area contributed by atoms with Crippen LogP contribution in [0.3, 0.4) is 0 Å². The highest BCUT2D eigenvalue weighted by Gasteiger charge is 2.15. The van der Waals surface area contributed by atoms with Crippen LogP contribution in [-0.4, -0.2) is 15.5 Å². The number of hydrogen-bond acceptors (Lipinski definition) is 4. The largest absolute Gasteiger partial charge is 0.325 e. The summed E-state index contributed by atoms with van der Waals surface area (Å²) in [5.74, 6) is -0.265. The van der Waals surface area contributed by atoms with Gasteiger partial charge in [0, 0.05) is 16.6 Å². The molecular weight excluding hydrogens is 418 g/mol. The number of hydrogen-bond donors (Lipinski definition) is 1. The molecule has 0 radical (unpaired) electrons. The lowest BCUT2D eigenvalue weighted by Crippen LogP contribution is -2.27. The molecule has 1 amide bonds. The smallest absolute Gasteiger partial charge is 0.263 e. The Hall–Kier alpha value is -3.77. The predicted molar refractivity (Wildman–Crippen MR) is 131 cm³/mol. The van der Waals surface area contributed by atoms with Crippen LogP contribution in [0.2, 0.25) is 0 Å². The number of anilines is 1. The fourth-order valence-electron chi connectivity index (χ4n) is 3.82. The Kier molecular flexibility index (Phi) is 5.07. The summed E-state index contributed by atoms with van der Waals surface area (Å²) >= 11 is 1.44. The summed E-state index contributed by atoms with van der Waals surface area (Å²) < 4.78 is 1.37. The molecule has 0 bridgehead atoms. The first-order chi connectivity index (χ1) is 15.5. The van der Waals surface area contributed by atoms with Gasteiger partial charge in [-0.1, -0.05) is 42.5 Å². The van der Waals surface area contributed by atoms with Crippen molar-refractivity contribution in [2.75, 3.05) is 5.32 Å². The van der Waals surface area contributed by atoms with Crippen LogP contribution in [0.5, 0.6) is 0 Å². The van der Waals surface area contributed by atoms with E-state index in [9.17, 15) is 9.59 Å². The molecule has 5 nitrogen and oxygen atoms in total. The fourth-order valence-corrected chi connectivity index (χ4v) is 4.73. The van der Waals surface area contributed by atoms with E-state index in [-0.39, 0.29) is 18.0 Å². The van der Waals surface area contributed by atoms with Crippen molar-refractivity contribution in [3.63, 3.8) is 0 Å². The number of rotatable bonds is 4. The molecule has 0 aliphatic heterocycles. The van der Waals surface area contributed by atoms with Crippen LogP contribution >= 0.6 is 11.3 Å². The molecule has 0 fully saturated rings. The van der Waals surface area contributed by atoms with Gasteiger partial charge in [0.15, 0.2) is 0 Å². The monoisotopic (exact) mass is 439 g/mol. The third kappa shape index (κ3) is 3.69. The molecule has 0 aliphatic rings. The lowest BCUT2D eigenvalue weighted by Gasteiger charge is -2.09. The maximum absolute atomic E-state index is 13.3. The molecule has 158 valence electrons. The van der Waals surface area contributed by atoms with Crippen molar-refractivity contribution in [2.24, 2.45) is 0 Å². The van der Waals surface area contributed by atoms with Gasteiger partial charge in [-0.05, 0) is 59.5 Å². The lowest BCUT2D eigenvalue weighted by molar-refractivity contribution is -0.116. The Balaban J connectivity index is 1.48. The number of aryl methyl sites for hydroxylation is 2. The van der Waals surface area contributed by atoms with E-state index in [1.807, 2.05) is 55.6 Å². The average molecular weight is 440 g/mol. The number of aromatic nitrogens is 2. The molecule has 6 heteroatoms. The zero-order valence-corrected chi connectivity index (χ0v) is 18.6. The minimum Gasteiger partial charge on any atom is -0.325 e. The van der Waals surface area contributed by atoms with Crippen LogP contribution < -0.4 is 10.9 Å². The van der Waals surface area contributed by atoms with Gasteiger partial charge in [-0.15, -0.1) is 11.3 Å². The molecule has 0 atom stereocenters. The molecule has 0 saturated carbocycles. The fraction of sp³-hybridized carbons (Fsp3) is 0.115. The molecular formula is C26H21N3O2S. The summed E-state index contributed by atoms with van der Waals surface area (Å²) in [7, 11) is 0. The van der Waals surface area contributed by atoms with Crippen molar-refractivity contribution < 1.29 is 4.79 Å². The van der Waals surface area contributed by atoms with Gasteiger partial charge >= 0.3 is 0 Å². The number of benzene rings is 3. The first kappa shape index (κ1) is 20.2. The SMILES string of the molecule is Cc1ccc(NC(=O)Cn2cnc3scc(-c4ccc5ccccc5c4)c3c2=O)cc1C. The van der Waals surface area contributed by atoms with Gasteiger partial charge in [-0.3, -0.25) is 14.2 Å². The van der Waals surface area contributed by atoms with E-state index in [4.69, 9.17) is 0 Å². The summed E-state index contributed by atoms with van der Waals surface area (Å²) in [6, 6.07) is 20.0. The van der Waals surface area contributed by atoms with E-state index in [0.29, 0.717) is 15.9 Å². The summed E-state index contributed by atoms with van der Waals surface area (Å²) in [5, 5.41) is 7.64. The minimum atomic E-state index is -0.265. The van der Waals surface area contributed by atoms with Crippen LogP contribution in [0, 0.1) is 13.8 Å². The predicted octanol–water partition coefficient (Wildman–Crippen LogP) is 5.53. The first-order valence-electron chi connectivity index (χ1n) is 10.3. The Morgan fingerprint density at radius 2 is 1.81 bits per heavy atom. The Morgan fingerprint density at radius 3 is 2.62 bits per heavy atom. The molecule has 0 saturated heterocycles. The molecule has 3 aromatic carbocycles. The molecule has 0 aliphatic carbocycles. The second kappa shape index (κ2) is 8.05. The van der Waals surface area contributed by atoms with Crippen LogP contribution in [0.4, 0.5) is 5.69 Å². The molecule has 2 heterocycles. The Bertz CT molecular complexity index is 1550. The first-order valence-corrected chi connectivity index (χ1v) is 11.2. The van der Waals surface area contributed by atoms with E-state index in [1.165, 1.54) is 22.2 Å². The number of amides is 1. The number of carbonyl (C=O) groups is 1. The van der Waals surface area contributed by atoms with Gasteiger partial charge in [-0.2, -0.15) is 0 Å². The van der Waals surface area contributed by atoms with Gasteiger partial charge in [-0.25, -0.2) is 4.98 Å². The van der Waals surface area contributed by atoms with Crippen molar-refractivity contribution in [3.8, 4) is 11.1 Å². The van der Waals surface area contributed by atoms with Crippen molar-refractivity contribution >= 4 is 43.9 Å². The molecule has 0 spiro atoms. The van der Waals surface area contributed by atoms with E-state index in [0.717, 1.165) is 33.0 Å². The van der Waals surface area contributed by atoms with Crippen molar-refractivity contribution in [1.29, 1.82) is 0 Å². The number of nitrogens with zero attached hydrogens (tertiary/aromatic N) is 2. The van der Waals surface area contributed by atoms with E-state index in [1.54, 1.807) is 0 Å². The topological polar surface area (TPSA) is 64.0 Å². The van der Waals surface area contributed by atoms with Gasteiger partial charge in [0.05, 0.1) is 11.7 Å². The highest BCUT2D eigenvalue weighted by atomic mass is 32.1. The maximum Gasteiger partial charge on any atom is 0.263 e. The van der Waals surface area contributed by atoms with Gasteiger partial charge < -0.3 is 5.32 Å². The highest BCUT2D eigenvalue weighted by molar-refractivity contribution is 7.17. The molecule has 32 heavy (non-hydrogen) atoms. The average Bonchev–Trinajstić information content (AvgIpc) is 3.23. The van der Waals surface area contributed by atoms with Crippen molar-refractivity contribution in [1.82, 2.24) is 9.55 Å². The van der Waals surface area contributed by atoms with Crippen LogP contribution in [0.25, 0.3) is 32.1 Å². The Morgan fingerprint density at radius 1 is 1.00 bits per heavy atom. The number of nitrogens with one attached hydrogen (secondary N) is 1. The minimum absolute atomic E-state index is 0.0955. The van der Waals surface area contributed by atoms with Crippen LogP contribution in [0.1, 0.15) is 11.1 Å². The van der Waals surface area contributed by atoms with E-state index in [2.05, 4.69) is 34.6 Å². The third-order valence-electron chi connectivity index (χ3n) is 5.73. The van der Waals surface area contributed by atoms with Crippen LogP contribution in [-0.2, 0) is 11.3 Å². The quantitative estimate of drug-likeness (QED) is 0.400. The maximum atomic E-state index is 13.3. The highest BCUT2D eigenvalue weighted by Crippen LogP contribution is 2.32. The van der Waals surface area contributed by atoms with Gasteiger partial charge in [0.2, 0.25) is 5.91 Å². The molecule has 5 rings (SSSR count). The number of carbonyl (C=O) groups excluding carboxylic acids is 1. The molecule has 5 aromatic rings. The summed E-state index contributed by atoms with van der Waals surface area (Å²) in [5.41, 5.74) is 4.57. The Labute approximate surface area is 189 Å². The summed E-state index contributed by atoms with van der Waals surface area (Å²) in [4.78, 5) is 31.0. The molecule has 0 unspecified atom stereocenters. The van der Waals surface area contributed by atoms with Gasteiger partial charge in [0.25, 0.3) is 5.56 Å². The molecule has 2 aromatic heterocycles. The van der Waals surface area contributed by atoms with Crippen molar-refractivity contribution in [3.05, 3.63) is 93.9 Å². The summed E-state index contributed by atoms with van der Waals surface area (Å²) in [6.45, 7) is 3.93. The van der Waals surface area contributed by atoms with Gasteiger partial charge in [0.1, 0.15) is 11.4 Å². The second-order valence-corrected chi connectivity index (χ2v) is 8.77. The zero-order chi connectivity index (χ0) is 22.2. The second-order valence-electron chi connectivity index (χ2n) is 7.92. The standard InChI is InChI=1S/C26H21N3O2S/c1-16-7-10-21(11-17(16)2)28-23(30)13-29-15-27-25-24(26(29)31)22(14-32-25)20-9-8-18-5-3-4-6-19(18)12-20/h3-12,14-15H,13H2,1-2H3,(H,28,30). The number of thiophene rings is 1. The van der Waals surface area contributed by atoms with E-state index >= 15 is 0 Å². The number of fused-ring (bicyclic) bond motifs is 2. The lowest BCUT2D eigenvalue weighted by atomic mass is 10.0.